The molecule has 1 aliphatic heterocycles. The zero-order chi connectivity index (χ0) is 22.1. The molecule has 162 valence electrons. The Labute approximate surface area is 183 Å². The van der Waals surface area contributed by atoms with Crippen molar-refractivity contribution in [3.63, 3.8) is 0 Å². The first-order chi connectivity index (χ1) is 14.8. The highest BCUT2D eigenvalue weighted by Gasteiger charge is 2.47. The number of carbonyl (C=O) groups excluding carboxylic acids is 1. The Hall–Kier alpha value is -2.85. The van der Waals surface area contributed by atoms with Gasteiger partial charge in [-0.05, 0) is 55.9 Å². The van der Waals surface area contributed by atoms with Crippen LogP contribution >= 0.6 is 0 Å². The number of aliphatic hydroxyl groups is 1. The van der Waals surface area contributed by atoms with Gasteiger partial charge in [0.2, 0.25) is 0 Å². The molecule has 1 fully saturated rings. The predicted molar refractivity (Wildman–Crippen MR) is 120 cm³/mol. The summed E-state index contributed by atoms with van der Waals surface area (Å²) < 4.78 is 11.6. The van der Waals surface area contributed by atoms with Crippen molar-refractivity contribution in [1.82, 2.24) is 0 Å². The number of furan rings is 1. The third-order valence-electron chi connectivity index (χ3n) is 6.32. The van der Waals surface area contributed by atoms with Crippen molar-refractivity contribution in [2.75, 3.05) is 0 Å². The lowest BCUT2D eigenvalue weighted by molar-refractivity contribution is -0.185. The largest absolute Gasteiger partial charge is 0.464 e. The SMILES string of the molecule is CC(c1ccc(-c2ccco2)cc1)C1CCC(CC(C)(C)O)(c2ccccc2)OC1=O. The van der Waals surface area contributed by atoms with Gasteiger partial charge in [0.1, 0.15) is 11.4 Å². The second kappa shape index (κ2) is 8.35. The van der Waals surface area contributed by atoms with Crippen molar-refractivity contribution in [3.05, 3.63) is 84.1 Å². The van der Waals surface area contributed by atoms with Crippen LogP contribution in [0.15, 0.2) is 77.4 Å². The molecule has 3 unspecified atom stereocenters. The van der Waals surface area contributed by atoms with Gasteiger partial charge in [-0.3, -0.25) is 4.79 Å². The fourth-order valence-electron chi connectivity index (χ4n) is 4.78. The molecule has 3 atom stereocenters. The molecule has 4 nitrogen and oxygen atoms in total. The molecule has 0 aliphatic carbocycles. The van der Waals surface area contributed by atoms with Crippen molar-refractivity contribution in [2.24, 2.45) is 5.92 Å². The van der Waals surface area contributed by atoms with Crippen LogP contribution < -0.4 is 0 Å². The van der Waals surface area contributed by atoms with Crippen molar-refractivity contribution in [3.8, 4) is 11.3 Å². The van der Waals surface area contributed by atoms with E-state index in [-0.39, 0.29) is 17.8 Å². The van der Waals surface area contributed by atoms with Gasteiger partial charge in [0.15, 0.2) is 0 Å². The number of benzene rings is 2. The second-order valence-corrected chi connectivity index (χ2v) is 9.30. The minimum absolute atomic E-state index is 0.0362. The average molecular weight is 419 g/mol. The fourth-order valence-corrected chi connectivity index (χ4v) is 4.78. The van der Waals surface area contributed by atoms with Crippen molar-refractivity contribution < 1.29 is 19.1 Å². The first-order valence-electron chi connectivity index (χ1n) is 10.9. The molecule has 0 radical (unpaired) electrons. The van der Waals surface area contributed by atoms with Crippen LogP contribution in [0.4, 0.5) is 0 Å². The normalized spacial score (nSPS) is 22.7. The monoisotopic (exact) mass is 418 g/mol. The van der Waals surface area contributed by atoms with Crippen LogP contribution in [0.2, 0.25) is 0 Å². The van der Waals surface area contributed by atoms with Gasteiger partial charge in [-0.15, -0.1) is 0 Å². The van der Waals surface area contributed by atoms with E-state index in [4.69, 9.17) is 9.15 Å². The zero-order valence-electron chi connectivity index (χ0n) is 18.4. The van der Waals surface area contributed by atoms with E-state index in [9.17, 15) is 9.90 Å². The van der Waals surface area contributed by atoms with Crippen LogP contribution in [0.25, 0.3) is 11.3 Å². The quantitative estimate of drug-likeness (QED) is 0.494. The molecule has 31 heavy (non-hydrogen) atoms. The molecule has 2 aromatic carbocycles. The topological polar surface area (TPSA) is 59.7 Å². The summed E-state index contributed by atoms with van der Waals surface area (Å²) >= 11 is 0. The molecule has 1 aromatic heterocycles. The number of carbonyl (C=O) groups is 1. The van der Waals surface area contributed by atoms with E-state index >= 15 is 0 Å². The maximum atomic E-state index is 13.2. The summed E-state index contributed by atoms with van der Waals surface area (Å²) in [5, 5.41) is 10.5. The number of hydrogen-bond donors (Lipinski definition) is 1. The van der Waals surface area contributed by atoms with E-state index in [1.807, 2.05) is 54.6 Å². The minimum atomic E-state index is -0.948. The van der Waals surface area contributed by atoms with Crippen molar-refractivity contribution in [2.45, 2.75) is 57.2 Å². The average Bonchev–Trinajstić information content (AvgIpc) is 3.28. The number of esters is 1. The van der Waals surface area contributed by atoms with Gasteiger partial charge < -0.3 is 14.3 Å². The van der Waals surface area contributed by atoms with Gasteiger partial charge in [0.25, 0.3) is 0 Å². The Bertz CT molecular complexity index is 1000. The second-order valence-electron chi connectivity index (χ2n) is 9.30. The minimum Gasteiger partial charge on any atom is -0.464 e. The number of cyclic esters (lactones) is 1. The van der Waals surface area contributed by atoms with E-state index in [2.05, 4.69) is 19.1 Å². The summed E-state index contributed by atoms with van der Waals surface area (Å²) in [7, 11) is 0. The molecule has 2 heterocycles. The molecule has 1 saturated heterocycles. The summed E-state index contributed by atoms with van der Waals surface area (Å²) in [4.78, 5) is 13.2. The van der Waals surface area contributed by atoms with E-state index in [0.29, 0.717) is 19.3 Å². The van der Waals surface area contributed by atoms with Gasteiger partial charge in [-0.25, -0.2) is 0 Å². The summed E-state index contributed by atoms with van der Waals surface area (Å²) in [6, 6.07) is 21.8. The Morgan fingerprint density at radius 2 is 1.77 bits per heavy atom. The fraction of sp³-hybridized carbons (Fsp3) is 0.370. The molecular weight excluding hydrogens is 388 g/mol. The van der Waals surface area contributed by atoms with E-state index in [0.717, 1.165) is 22.5 Å². The van der Waals surface area contributed by atoms with Crippen LogP contribution in [0.1, 0.15) is 57.1 Å². The molecule has 0 saturated carbocycles. The molecule has 1 aliphatic rings. The molecule has 0 spiro atoms. The molecular formula is C27H30O4. The molecule has 3 aromatic rings. The van der Waals surface area contributed by atoms with Crippen LogP contribution in [-0.4, -0.2) is 16.7 Å². The molecule has 4 rings (SSSR count). The highest BCUT2D eigenvalue weighted by molar-refractivity contribution is 5.75. The van der Waals surface area contributed by atoms with E-state index in [1.54, 1.807) is 20.1 Å². The standard InChI is InChI=1S/C27H30O4/c1-19(20-11-13-21(14-12-20)24-10-7-17-30-24)23-15-16-27(31-25(23)28,18-26(2,3)29)22-8-5-4-6-9-22/h4-14,17,19,23,29H,15-16,18H2,1-3H3. The Morgan fingerprint density at radius 1 is 1.06 bits per heavy atom. The lowest BCUT2D eigenvalue weighted by Crippen LogP contribution is -2.45. The molecule has 0 amide bonds. The van der Waals surface area contributed by atoms with Gasteiger partial charge in [-0.1, -0.05) is 61.5 Å². The van der Waals surface area contributed by atoms with Crippen LogP contribution in [-0.2, 0) is 15.1 Å². The van der Waals surface area contributed by atoms with Gasteiger partial charge >= 0.3 is 5.97 Å². The van der Waals surface area contributed by atoms with E-state index in [1.165, 1.54) is 0 Å². The third kappa shape index (κ3) is 4.59. The Kier molecular flexibility index (Phi) is 5.76. The van der Waals surface area contributed by atoms with Crippen LogP contribution in [0.5, 0.6) is 0 Å². The van der Waals surface area contributed by atoms with E-state index < -0.39 is 11.2 Å². The van der Waals surface area contributed by atoms with Crippen molar-refractivity contribution in [1.29, 1.82) is 0 Å². The predicted octanol–water partition coefficient (Wildman–Crippen LogP) is 6.06. The zero-order valence-corrected chi connectivity index (χ0v) is 18.4. The maximum absolute atomic E-state index is 13.2. The maximum Gasteiger partial charge on any atom is 0.310 e. The number of hydrogen-bond acceptors (Lipinski definition) is 4. The van der Waals surface area contributed by atoms with Gasteiger partial charge in [0.05, 0.1) is 17.8 Å². The highest BCUT2D eigenvalue weighted by Crippen LogP contribution is 2.46. The molecule has 1 N–H and O–H groups in total. The number of ether oxygens (including phenoxy) is 1. The molecule has 4 heteroatoms. The Balaban J connectivity index is 1.54. The Morgan fingerprint density at radius 3 is 2.35 bits per heavy atom. The lowest BCUT2D eigenvalue weighted by Gasteiger charge is -2.43. The first-order valence-corrected chi connectivity index (χ1v) is 10.9. The summed E-state index contributed by atoms with van der Waals surface area (Å²) in [5.41, 5.74) is 1.32. The number of rotatable bonds is 6. The summed E-state index contributed by atoms with van der Waals surface area (Å²) in [6.07, 6.45) is 3.43. The lowest BCUT2D eigenvalue weighted by atomic mass is 9.73. The van der Waals surface area contributed by atoms with Crippen molar-refractivity contribution >= 4 is 5.97 Å². The smallest absolute Gasteiger partial charge is 0.310 e. The van der Waals surface area contributed by atoms with Crippen LogP contribution in [0, 0.1) is 5.92 Å². The first kappa shape index (κ1) is 21.4. The van der Waals surface area contributed by atoms with Gasteiger partial charge in [0, 0.05) is 12.0 Å². The third-order valence-corrected chi connectivity index (χ3v) is 6.32. The van der Waals surface area contributed by atoms with Crippen LogP contribution in [0.3, 0.4) is 0 Å². The highest BCUT2D eigenvalue weighted by atomic mass is 16.6. The molecule has 0 bridgehead atoms. The van der Waals surface area contributed by atoms with Gasteiger partial charge in [-0.2, -0.15) is 0 Å². The summed E-state index contributed by atoms with van der Waals surface area (Å²) in [6.45, 7) is 5.61. The summed E-state index contributed by atoms with van der Waals surface area (Å²) in [5.74, 6) is 0.458.